The van der Waals surface area contributed by atoms with Gasteiger partial charge in [-0.25, -0.2) is 22.7 Å². The van der Waals surface area contributed by atoms with E-state index in [1.807, 2.05) is 0 Å². The molecule has 1 saturated heterocycles. The van der Waals surface area contributed by atoms with Gasteiger partial charge in [0.2, 0.25) is 10.0 Å². The summed E-state index contributed by atoms with van der Waals surface area (Å²) < 4.78 is 45.5. The lowest BCUT2D eigenvalue weighted by Gasteiger charge is -2.25. The van der Waals surface area contributed by atoms with E-state index >= 15 is 0 Å². The van der Waals surface area contributed by atoms with Crippen LogP contribution in [0.15, 0.2) is 17.0 Å². The van der Waals surface area contributed by atoms with Gasteiger partial charge in [0, 0.05) is 0 Å². The van der Waals surface area contributed by atoms with Crippen molar-refractivity contribution >= 4 is 27.6 Å². The predicted octanol–water partition coefficient (Wildman–Crippen LogP) is 0.682. The quantitative estimate of drug-likeness (QED) is 0.828. The van der Waals surface area contributed by atoms with Crippen molar-refractivity contribution in [3.8, 4) is 0 Å². The van der Waals surface area contributed by atoms with Crippen LogP contribution in [-0.4, -0.2) is 33.7 Å². The standard InChI is InChI=1S/C10H9ClFNO5S/c11-9-7(10(14)18-5-3-17-4-5)1-6(2-8(9)12)19(13,15)16/h1-2,5H,3-4H2,(H2,13,15,16). The predicted molar refractivity (Wildman–Crippen MR) is 62.8 cm³/mol. The van der Waals surface area contributed by atoms with Crippen molar-refractivity contribution in [1.82, 2.24) is 0 Å². The molecule has 6 nitrogen and oxygen atoms in total. The van der Waals surface area contributed by atoms with E-state index in [4.69, 9.17) is 26.2 Å². The molecule has 9 heteroatoms. The van der Waals surface area contributed by atoms with E-state index in [-0.39, 0.29) is 13.2 Å². The number of primary sulfonamides is 1. The van der Waals surface area contributed by atoms with Crippen LogP contribution in [0.4, 0.5) is 4.39 Å². The zero-order valence-electron chi connectivity index (χ0n) is 9.43. The Hall–Kier alpha value is -1.22. The van der Waals surface area contributed by atoms with Gasteiger partial charge in [0.15, 0.2) is 0 Å². The normalized spacial score (nSPS) is 15.9. The molecule has 0 bridgehead atoms. The molecule has 0 aliphatic carbocycles. The van der Waals surface area contributed by atoms with Crippen LogP contribution in [-0.2, 0) is 19.5 Å². The van der Waals surface area contributed by atoms with Gasteiger partial charge in [-0.3, -0.25) is 0 Å². The zero-order valence-corrected chi connectivity index (χ0v) is 11.0. The third-order valence-electron chi connectivity index (χ3n) is 2.43. The lowest BCUT2D eigenvalue weighted by Crippen LogP contribution is -2.37. The monoisotopic (exact) mass is 309 g/mol. The van der Waals surface area contributed by atoms with E-state index in [1.54, 1.807) is 0 Å². The highest BCUT2D eigenvalue weighted by Gasteiger charge is 2.26. The number of rotatable bonds is 3. The Morgan fingerprint density at radius 3 is 2.58 bits per heavy atom. The number of hydrogen-bond acceptors (Lipinski definition) is 5. The maximum Gasteiger partial charge on any atom is 0.340 e. The minimum Gasteiger partial charge on any atom is -0.454 e. The van der Waals surface area contributed by atoms with Gasteiger partial charge in [0.1, 0.15) is 11.9 Å². The lowest BCUT2D eigenvalue weighted by molar-refractivity contribution is -0.103. The molecule has 1 heterocycles. The Bertz CT molecular complexity index is 629. The van der Waals surface area contributed by atoms with Crippen molar-refractivity contribution in [1.29, 1.82) is 0 Å². The van der Waals surface area contributed by atoms with Gasteiger partial charge in [0.05, 0.1) is 28.7 Å². The third kappa shape index (κ3) is 3.03. The maximum atomic E-state index is 13.5. The molecule has 1 aromatic rings. The highest BCUT2D eigenvalue weighted by Crippen LogP contribution is 2.25. The second-order valence-corrected chi connectivity index (χ2v) is 5.82. The van der Waals surface area contributed by atoms with E-state index < -0.39 is 43.4 Å². The molecular formula is C10H9ClFNO5S. The van der Waals surface area contributed by atoms with E-state index in [2.05, 4.69) is 0 Å². The summed E-state index contributed by atoms with van der Waals surface area (Å²) in [6.07, 6.45) is -0.440. The Kier molecular flexibility index (Phi) is 3.77. The Labute approximate surface area is 113 Å². The second-order valence-electron chi connectivity index (χ2n) is 3.88. The number of ether oxygens (including phenoxy) is 2. The smallest absolute Gasteiger partial charge is 0.340 e. The molecule has 0 spiro atoms. The topological polar surface area (TPSA) is 95.7 Å². The number of nitrogens with two attached hydrogens (primary N) is 1. The van der Waals surface area contributed by atoms with Crippen molar-refractivity contribution < 1.29 is 27.1 Å². The summed E-state index contributed by atoms with van der Waals surface area (Å²) in [5.41, 5.74) is -0.391. The van der Waals surface area contributed by atoms with Crippen molar-refractivity contribution in [3.63, 3.8) is 0 Å². The first-order chi connectivity index (χ1) is 8.79. The van der Waals surface area contributed by atoms with E-state index in [9.17, 15) is 17.6 Å². The van der Waals surface area contributed by atoms with Crippen molar-refractivity contribution in [3.05, 3.63) is 28.5 Å². The molecule has 1 aliphatic heterocycles. The average Bonchev–Trinajstić information content (AvgIpc) is 2.25. The SMILES string of the molecule is NS(=O)(=O)c1cc(F)c(Cl)c(C(=O)OC2COC2)c1. The molecule has 1 aromatic carbocycles. The van der Waals surface area contributed by atoms with Crippen LogP contribution >= 0.6 is 11.6 Å². The van der Waals surface area contributed by atoms with Crippen LogP contribution < -0.4 is 5.14 Å². The first kappa shape index (κ1) is 14.2. The van der Waals surface area contributed by atoms with Crippen molar-refractivity contribution in [2.75, 3.05) is 13.2 Å². The minimum absolute atomic E-state index is 0.237. The highest BCUT2D eigenvalue weighted by atomic mass is 35.5. The van der Waals surface area contributed by atoms with Gasteiger partial charge in [-0.1, -0.05) is 11.6 Å². The second kappa shape index (κ2) is 5.04. The van der Waals surface area contributed by atoms with Crippen molar-refractivity contribution in [2.24, 2.45) is 5.14 Å². The van der Waals surface area contributed by atoms with Crippen LogP contribution in [0.25, 0.3) is 0 Å². The average molecular weight is 310 g/mol. The van der Waals surface area contributed by atoms with E-state index in [1.165, 1.54) is 0 Å². The highest BCUT2D eigenvalue weighted by molar-refractivity contribution is 7.89. The summed E-state index contributed by atoms with van der Waals surface area (Å²) in [6, 6.07) is 1.52. The minimum atomic E-state index is -4.15. The molecule has 0 amide bonds. The van der Waals surface area contributed by atoms with Gasteiger partial charge in [-0.15, -0.1) is 0 Å². The number of carbonyl (C=O) groups is 1. The molecule has 1 aliphatic rings. The van der Waals surface area contributed by atoms with Gasteiger partial charge in [-0.05, 0) is 12.1 Å². The molecule has 2 rings (SSSR count). The summed E-state index contributed by atoms with van der Waals surface area (Å²) >= 11 is 5.61. The van der Waals surface area contributed by atoms with Crippen LogP contribution in [0, 0.1) is 5.82 Å². The molecule has 2 N–H and O–H groups in total. The lowest BCUT2D eigenvalue weighted by atomic mass is 10.2. The summed E-state index contributed by atoms with van der Waals surface area (Å²) in [6.45, 7) is 0.474. The van der Waals surface area contributed by atoms with Gasteiger partial charge in [-0.2, -0.15) is 0 Å². The number of esters is 1. The summed E-state index contributed by atoms with van der Waals surface area (Å²) in [4.78, 5) is 11.2. The van der Waals surface area contributed by atoms with Crippen LogP contribution in [0.2, 0.25) is 5.02 Å². The number of halogens is 2. The van der Waals surface area contributed by atoms with Crippen LogP contribution in [0.5, 0.6) is 0 Å². The summed E-state index contributed by atoms with van der Waals surface area (Å²) in [5.74, 6) is -1.99. The fourth-order valence-electron chi connectivity index (χ4n) is 1.37. The maximum absolute atomic E-state index is 13.5. The number of sulfonamides is 1. The number of carbonyl (C=O) groups excluding carboxylic acids is 1. The molecular weight excluding hydrogens is 301 g/mol. The molecule has 0 aromatic heterocycles. The van der Waals surface area contributed by atoms with Crippen LogP contribution in [0.3, 0.4) is 0 Å². The molecule has 1 fully saturated rings. The fraction of sp³-hybridized carbons (Fsp3) is 0.300. The molecule has 19 heavy (non-hydrogen) atoms. The Morgan fingerprint density at radius 1 is 1.47 bits per heavy atom. The van der Waals surface area contributed by atoms with Crippen molar-refractivity contribution in [2.45, 2.75) is 11.0 Å². The third-order valence-corrected chi connectivity index (χ3v) is 3.71. The summed E-state index contributed by atoms with van der Waals surface area (Å²) in [5, 5.41) is 4.36. The van der Waals surface area contributed by atoms with Crippen LogP contribution in [0.1, 0.15) is 10.4 Å². The Morgan fingerprint density at radius 2 is 2.11 bits per heavy atom. The molecule has 0 atom stereocenters. The molecule has 104 valence electrons. The fourth-order valence-corrected chi connectivity index (χ4v) is 2.11. The molecule has 0 saturated carbocycles. The first-order valence-corrected chi connectivity index (χ1v) is 7.02. The largest absolute Gasteiger partial charge is 0.454 e. The number of benzene rings is 1. The van der Waals surface area contributed by atoms with Gasteiger partial charge >= 0.3 is 5.97 Å². The molecule has 0 unspecified atom stereocenters. The van der Waals surface area contributed by atoms with Gasteiger partial charge in [0.25, 0.3) is 0 Å². The first-order valence-electron chi connectivity index (χ1n) is 5.09. The zero-order chi connectivity index (χ0) is 14.2. The molecule has 0 radical (unpaired) electrons. The van der Waals surface area contributed by atoms with Gasteiger partial charge < -0.3 is 9.47 Å². The number of hydrogen-bond donors (Lipinski definition) is 1. The van der Waals surface area contributed by atoms with E-state index in [0.717, 1.165) is 6.07 Å². The summed E-state index contributed by atoms with van der Waals surface area (Å²) in [7, 11) is -4.15. The van der Waals surface area contributed by atoms with E-state index in [0.29, 0.717) is 6.07 Å². The Balaban J connectivity index is 2.37.